The van der Waals surface area contributed by atoms with Gasteiger partial charge in [0.2, 0.25) is 5.91 Å². The minimum Gasteiger partial charge on any atom is -0.462 e. The second kappa shape index (κ2) is 10.5. The number of carbonyl (C=O) groups excluding carboxylic acids is 2. The van der Waals surface area contributed by atoms with Gasteiger partial charge in [-0.15, -0.1) is 0 Å². The van der Waals surface area contributed by atoms with Gasteiger partial charge in [0.05, 0.1) is 31.1 Å². The molecule has 2 N–H and O–H groups in total. The van der Waals surface area contributed by atoms with Gasteiger partial charge in [-0.05, 0) is 37.3 Å². The molecule has 2 aromatic carbocycles. The van der Waals surface area contributed by atoms with E-state index < -0.39 is 5.97 Å². The number of hydrogen-bond acceptors (Lipinski definition) is 7. The summed E-state index contributed by atoms with van der Waals surface area (Å²) in [7, 11) is 1.56. The molecule has 10 heteroatoms. The Morgan fingerprint density at radius 3 is 2.65 bits per heavy atom. The van der Waals surface area contributed by atoms with Gasteiger partial charge in [-0.1, -0.05) is 30.0 Å². The first-order valence-corrected chi connectivity index (χ1v) is 11.7. The average Bonchev–Trinajstić information content (AvgIpc) is 3.22. The van der Waals surface area contributed by atoms with Gasteiger partial charge >= 0.3 is 5.97 Å². The number of amides is 1. The molecule has 4 aromatic rings. The molecule has 0 saturated heterocycles. The van der Waals surface area contributed by atoms with Crippen molar-refractivity contribution in [3.8, 4) is 0 Å². The number of carbonyl (C=O) groups is 2. The van der Waals surface area contributed by atoms with Crippen LogP contribution in [0, 0.1) is 0 Å². The number of anilines is 1. The standard InChI is InChI=1S/C24H24N4O5S/c1-3-33-23(31)15-8-10-16(11-9-15)25-19(29)14-34-24-27-20-17-6-4-5-7-18(17)26-21(20)22(30)28(24)12-13-32-2/h4-11,26H,3,12-14H2,1-2H3,(H,25,29). The van der Waals surface area contributed by atoms with Gasteiger partial charge in [-0.2, -0.15) is 0 Å². The van der Waals surface area contributed by atoms with Crippen LogP contribution < -0.4 is 10.9 Å². The van der Waals surface area contributed by atoms with E-state index in [1.54, 1.807) is 38.3 Å². The Labute approximate surface area is 199 Å². The number of ether oxygens (including phenoxy) is 2. The van der Waals surface area contributed by atoms with Crippen LogP contribution in [0.1, 0.15) is 17.3 Å². The number of esters is 1. The van der Waals surface area contributed by atoms with E-state index in [4.69, 9.17) is 14.5 Å². The molecule has 0 aliphatic heterocycles. The van der Waals surface area contributed by atoms with Gasteiger partial charge in [0, 0.05) is 23.7 Å². The molecule has 0 unspecified atom stereocenters. The third kappa shape index (κ3) is 4.97. The molecule has 4 rings (SSSR count). The Balaban J connectivity index is 1.53. The van der Waals surface area contributed by atoms with E-state index in [-0.39, 0.29) is 17.2 Å². The fraction of sp³-hybridized carbons (Fsp3) is 0.250. The van der Waals surface area contributed by atoms with Crippen molar-refractivity contribution < 1.29 is 19.1 Å². The average molecular weight is 481 g/mol. The van der Waals surface area contributed by atoms with E-state index in [9.17, 15) is 14.4 Å². The van der Waals surface area contributed by atoms with Crippen LogP contribution >= 0.6 is 11.8 Å². The van der Waals surface area contributed by atoms with Crippen LogP contribution in [0.25, 0.3) is 21.9 Å². The van der Waals surface area contributed by atoms with Crippen LogP contribution in [0.4, 0.5) is 5.69 Å². The first-order valence-electron chi connectivity index (χ1n) is 10.7. The first kappa shape index (κ1) is 23.5. The number of H-pyrrole nitrogens is 1. The van der Waals surface area contributed by atoms with E-state index in [2.05, 4.69) is 10.3 Å². The summed E-state index contributed by atoms with van der Waals surface area (Å²) in [4.78, 5) is 45.4. The molecule has 0 spiro atoms. The Kier molecular flexibility index (Phi) is 7.29. The number of para-hydroxylation sites is 1. The minimum absolute atomic E-state index is 0.0485. The third-order valence-corrected chi connectivity index (χ3v) is 6.08. The van der Waals surface area contributed by atoms with Crippen molar-refractivity contribution in [3.05, 3.63) is 64.4 Å². The lowest BCUT2D eigenvalue weighted by Gasteiger charge is -2.12. The zero-order chi connectivity index (χ0) is 24.1. The molecule has 176 valence electrons. The molecule has 0 atom stereocenters. The highest BCUT2D eigenvalue weighted by atomic mass is 32.2. The predicted molar refractivity (Wildman–Crippen MR) is 131 cm³/mol. The van der Waals surface area contributed by atoms with Gasteiger partial charge in [-0.25, -0.2) is 9.78 Å². The summed E-state index contributed by atoms with van der Waals surface area (Å²) < 4.78 is 11.6. The van der Waals surface area contributed by atoms with Crippen molar-refractivity contribution in [1.29, 1.82) is 0 Å². The largest absolute Gasteiger partial charge is 0.462 e. The topological polar surface area (TPSA) is 115 Å². The molecule has 2 heterocycles. The Bertz CT molecular complexity index is 1390. The molecular weight excluding hydrogens is 456 g/mol. The molecule has 2 aromatic heterocycles. The monoisotopic (exact) mass is 480 g/mol. The minimum atomic E-state index is -0.413. The Morgan fingerprint density at radius 2 is 1.91 bits per heavy atom. The first-order chi connectivity index (χ1) is 16.5. The zero-order valence-electron chi connectivity index (χ0n) is 18.8. The summed E-state index contributed by atoms with van der Waals surface area (Å²) in [5, 5.41) is 4.08. The van der Waals surface area contributed by atoms with Crippen LogP contribution in [0.15, 0.2) is 58.5 Å². The van der Waals surface area contributed by atoms with Crippen molar-refractivity contribution in [2.75, 3.05) is 31.4 Å². The molecule has 0 aliphatic carbocycles. The Morgan fingerprint density at radius 1 is 1.15 bits per heavy atom. The van der Waals surface area contributed by atoms with Crippen LogP contribution in [-0.4, -0.2) is 52.5 Å². The van der Waals surface area contributed by atoms with Crippen LogP contribution in [0.2, 0.25) is 0 Å². The molecule has 1 amide bonds. The van der Waals surface area contributed by atoms with E-state index >= 15 is 0 Å². The van der Waals surface area contributed by atoms with Gasteiger partial charge in [-0.3, -0.25) is 14.2 Å². The molecule has 0 saturated carbocycles. The van der Waals surface area contributed by atoms with Crippen LogP contribution in [-0.2, 0) is 20.8 Å². The smallest absolute Gasteiger partial charge is 0.338 e. The number of thioether (sulfide) groups is 1. The lowest BCUT2D eigenvalue weighted by Crippen LogP contribution is -2.26. The zero-order valence-corrected chi connectivity index (χ0v) is 19.6. The summed E-state index contributed by atoms with van der Waals surface area (Å²) in [6.07, 6.45) is 0. The second-order valence-corrected chi connectivity index (χ2v) is 8.32. The molecule has 34 heavy (non-hydrogen) atoms. The summed E-state index contributed by atoms with van der Waals surface area (Å²) in [5.74, 6) is -0.628. The lowest BCUT2D eigenvalue weighted by molar-refractivity contribution is -0.113. The van der Waals surface area contributed by atoms with Gasteiger partial charge in [0.15, 0.2) is 5.16 Å². The summed E-state index contributed by atoms with van der Waals surface area (Å²) in [5.41, 5.74) is 2.57. The van der Waals surface area contributed by atoms with Gasteiger partial charge in [0.1, 0.15) is 11.0 Å². The third-order valence-electron chi connectivity index (χ3n) is 5.11. The maximum atomic E-state index is 13.2. The fourth-order valence-electron chi connectivity index (χ4n) is 3.50. The SMILES string of the molecule is CCOC(=O)c1ccc(NC(=O)CSc2nc3c([nH]c4ccccc43)c(=O)n2CCOC)cc1. The molecule has 0 bridgehead atoms. The number of benzene rings is 2. The second-order valence-electron chi connectivity index (χ2n) is 7.37. The van der Waals surface area contributed by atoms with Crippen molar-refractivity contribution >= 4 is 51.3 Å². The fourth-order valence-corrected chi connectivity index (χ4v) is 4.32. The van der Waals surface area contributed by atoms with Crippen molar-refractivity contribution in [3.63, 3.8) is 0 Å². The number of nitrogens with one attached hydrogen (secondary N) is 2. The molecule has 0 radical (unpaired) electrons. The molecule has 9 nitrogen and oxygen atoms in total. The normalized spacial score (nSPS) is 11.1. The highest BCUT2D eigenvalue weighted by Crippen LogP contribution is 2.24. The number of nitrogens with zero attached hydrogens (tertiary/aromatic N) is 2. The van der Waals surface area contributed by atoms with Gasteiger partial charge in [0.25, 0.3) is 5.56 Å². The summed E-state index contributed by atoms with van der Waals surface area (Å²) in [6, 6.07) is 14.0. The van der Waals surface area contributed by atoms with Gasteiger partial charge < -0.3 is 19.8 Å². The summed E-state index contributed by atoms with van der Waals surface area (Å²) >= 11 is 1.18. The number of aromatic nitrogens is 3. The van der Waals surface area contributed by atoms with E-state index in [0.717, 1.165) is 10.9 Å². The van der Waals surface area contributed by atoms with Crippen LogP contribution in [0.5, 0.6) is 0 Å². The number of aromatic amines is 1. The van der Waals surface area contributed by atoms with Crippen molar-refractivity contribution in [1.82, 2.24) is 14.5 Å². The van der Waals surface area contributed by atoms with E-state index in [1.165, 1.54) is 16.3 Å². The van der Waals surface area contributed by atoms with E-state index in [0.29, 0.717) is 47.2 Å². The number of fused-ring (bicyclic) bond motifs is 3. The number of hydrogen-bond donors (Lipinski definition) is 2. The Hall–Kier alpha value is -3.63. The lowest BCUT2D eigenvalue weighted by atomic mass is 10.2. The number of rotatable bonds is 9. The summed E-state index contributed by atoms with van der Waals surface area (Å²) in [6.45, 7) is 2.68. The maximum Gasteiger partial charge on any atom is 0.338 e. The number of methoxy groups -OCH3 is 1. The highest BCUT2D eigenvalue weighted by Gasteiger charge is 2.17. The molecule has 0 aliphatic rings. The van der Waals surface area contributed by atoms with Crippen molar-refractivity contribution in [2.24, 2.45) is 0 Å². The van der Waals surface area contributed by atoms with Crippen molar-refractivity contribution in [2.45, 2.75) is 18.6 Å². The predicted octanol–water partition coefficient (Wildman–Crippen LogP) is 3.43. The highest BCUT2D eigenvalue weighted by molar-refractivity contribution is 7.99. The van der Waals surface area contributed by atoms with Crippen LogP contribution in [0.3, 0.4) is 0 Å². The molecular formula is C24H24N4O5S. The quantitative estimate of drug-likeness (QED) is 0.214. The molecule has 0 fully saturated rings. The maximum absolute atomic E-state index is 13.2. The van der Waals surface area contributed by atoms with E-state index in [1.807, 2.05) is 24.3 Å².